The first kappa shape index (κ1) is 24.0. The van der Waals surface area contributed by atoms with Gasteiger partial charge in [0.1, 0.15) is 4.21 Å². The van der Waals surface area contributed by atoms with E-state index in [1.54, 1.807) is 36.8 Å². The molecule has 0 aliphatic rings. The molecule has 3 rings (SSSR count). The molecule has 31 heavy (non-hydrogen) atoms. The van der Waals surface area contributed by atoms with Crippen LogP contribution in [-0.2, 0) is 33.0 Å². The van der Waals surface area contributed by atoms with Gasteiger partial charge in [-0.1, -0.05) is 18.2 Å². The molecule has 2 aromatic heterocycles. The first-order valence-corrected chi connectivity index (χ1v) is 11.1. The van der Waals surface area contributed by atoms with Gasteiger partial charge in [0, 0.05) is 36.2 Å². The van der Waals surface area contributed by atoms with Crippen LogP contribution < -0.4 is 5.32 Å². The van der Waals surface area contributed by atoms with Crippen LogP contribution in [0.4, 0.5) is 0 Å². The first-order valence-electron chi connectivity index (χ1n) is 8.85. The molecule has 0 aliphatic carbocycles. The van der Waals surface area contributed by atoms with Gasteiger partial charge in [-0.15, -0.1) is 11.3 Å². The SMILES string of the molecule is CNCc1cc(-c2cncn2C)c(S(=O)(=O)c2ccccc2)s1.O=C(O)/C=C/C(=O)O. The molecular weight excluding hydrogens is 442 g/mol. The van der Waals surface area contributed by atoms with Crippen LogP contribution in [0, 0.1) is 0 Å². The maximum absolute atomic E-state index is 13.0. The topological polar surface area (TPSA) is 139 Å². The van der Waals surface area contributed by atoms with E-state index in [1.807, 2.05) is 30.8 Å². The zero-order valence-corrected chi connectivity index (χ0v) is 18.4. The summed E-state index contributed by atoms with van der Waals surface area (Å²) in [4.78, 5) is 24.5. The number of nitrogens with one attached hydrogen (secondary N) is 1. The molecule has 9 nitrogen and oxygen atoms in total. The highest BCUT2D eigenvalue weighted by Gasteiger charge is 2.26. The van der Waals surface area contributed by atoms with E-state index >= 15 is 0 Å². The normalized spacial score (nSPS) is 11.2. The summed E-state index contributed by atoms with van der Waals surface area (Å²) in [6.45, 7) is 0.625. The molecule has 0 saturated heterocycles. The molecule has 1 aromatic carbocycles. The maximum atomic E-state index is 13.0. The molecule has 0 bridgehead atoms. The van der Waals surface area contributed by atoms with Gasteiger partial charge in [-0.2, -0.15) is 0 Å². The Morgan fingerprint density at radius 3 is 2.26 bits per heavy atom. The Bertz CT molecular complexity index is 1160. The third-order valence-corrected chi connectivity index (χ3v) is 7.30. The van der Waals surface area contributed by atoms with Crippen molar-refractivity contribution in [3.63, 3.8) is 0 Å². The fourth-order valence-electron chi connectivity index (χ4n) is 2.53. The average Bonchev–Trinajstić information content (AvgIpc) is 3.34. The number of sulfone groups is 1. The molecule has 0 amide bonds. The highest BCUT2D eigenvalue weighted by atomic mass is 32.2. The molecule has 2 heterocycles. The van der Waals surface area contributed by atoms with Crippen molar-refractivity contribution in [2.24, 2.45) is 7.05 Å². The van der Waals surface area contributed by atoms with Gasteiger partial charge in [0.05, 0.1) is 23.1 Å². The summed E-state index contributed by atoms with van der Waals surface area (Å²) in [6.07, 6.45) is 4.48. The second-order valence-corrected chi connectivity index (χ2v) is 9.44. The van der Waals surface area contributed by atoms with E-state index in [0.29, 0.717) is 33.4 Å². The lowest BCUT2D eigenvalue weighted by atomic mass is 10.2. The van der Waals surface area contributed by atoms with Crippen molar-refractivity contribution >= 4 is 33.1 Å². The molecular formula is C20H21N3O6S2. The highest BCUT2D eigenvalue weighted by Crippen LogP contribution is 2.38. The van der Waals surface area contributed by atoms with Crippen LogP contribution in [0.5, 0.6) is 0 Å². The van der Waals surface area contributed by atoms with Gasteiger partial charge in [0.25, 0.3) is 0 Å². The Hall–Kier alpha value is -3.28. The summed E-state index contributed by atoms with van der Waals surface area (Å²) in [5.74, 6) is -2.51. The number of nitrogens with zero attached hydrogens (tertiary/aromatic N) is 2. The van der Waals surface area contributed by atoms with E-state index in [4.69, 9.17) is 10.2 Å². The Balaban J connectivity index is 0.000000366. The van der Waals surface area contributed by atoms with Crippen LogP contribution in [-0.4, -0.2) is 47.2 Å². The average molecular weight is 464 g/mol. The standard InChI is InChI=1S/C16H17N3O2S2.C4H4O4/c1-17-9-12-8-14(15-10-18-11-19(15)2)16(22-12)23(20,21)13-6-4-3-5-7-13;5-3(6)1-2-4(7)8/h3-8,10-11,17H,9H2,1-2H3;1-2H,(H,5,6)(H,7,8)/b;2-1+. The van der Waals surface area contributed by atoms with Crippen molar-refractivity contribution in [2.45, 2.75) is 15.6 Å². The fourth-order valence-corrected chi connectivity index (χ4v) is 5.66. The second-order valence-electron chi connectivity index (χ2n) is 6.16. The number of aryl methyl sites for hydroxylation is 1. The van der Waals surface area contributed by atoms with Crippen LogP contribution in [0.3, 0.4) is 0 Å². The van der Waals surface area contributed by atoms with Gasteiger partial charge in [0.2, 0.25) is 9.84 Å². The van der Waals surface area contributed by atoms with Crippen molar-refractivity contribution in [1.29, 1.82) is 0 Å². The summed E-state index contributed by atoms with van der Waals surface area (Å²) < 4.78 is 28.3. The van der Waals surface area contributed by atoms with Crippen molar-refractivity contribution in [3.8, 4) is 11.3 Å². The van der Waals surface area contributed by atoms with Crippen LogP contribution >= 0.6 is 11.3 Å². The van der Waals surface area contributed by atoms with Gasteiger partial charge in [0.15, 0.2) is 0 Å². The van der Waals surface area contributed by atoms with E-state index in [-0.39, 0.29) is 0 Å². The minimum absolute atomic E-state index is 0.307. The minimum atomic E-state index is -3.56. The maximum Gasteiger partial charge on any atom is 0.328 e. The number of aromatic nitrogens is 2. The van der Waals surface area contributed by atoms with Gasteiger partial charge >= 0.3 is 11.9 Å². The Kier molecular flexibility index (Phi) is 8.25. The zero-order valence-electron chi connectivity index (χ0n) is 16.7. The number of imidazole rings is 1. The molecule has 0 saturated carbocycles. The quantitative estimate of drug-likeness (QED) is 0.454. The Morgan fingerprint density at radius 1 is 1.16 bits per heavy atom. The lowest BCUT2D eigenvalue weighted by Crippen LogP contribution is -2.02. The molecule has 3 aromatic rings. The van der Waals surface area contributed by atoms with Crippen molar-refractivity contribution in [3.05, 3.63) is 66.0 Å². The van der Waals surface area contributed by atoms with Crippen molar-refractivity contribution in [2.75, 3.05) is 7.05 Å². The minimum Gasteiger partial charge on any atom is -0.478 e. The van der Waals surface area contributed by atoms with Crippen molar-refractivity contribution in [1.82, 2.24) is 14.9 Å². The Labute approximate surface area is 183 Å². The molecule has 3 N–H and O–H groups in total. The number of hydrogen-bond acceptors (Lipinski definition) is 7. The second kappa shape index (κ2) is 10.7. The molecule has 0 fully saturated rings. The summed E-state index contributed by atoms with van der Waals surface area (Å²) in [5, 5.41) is 18.7. The van der Waals surface area contributed by atoms with Gasteiger partial charge in [-0.25, -0.2) is 23.0 Å². The predicted octanol–water partition coefficient (Wildman–Crippen LogP) is 2.41. The Morgan fingerprint density at radius 2 is 1.77 bits per heavy atom. The monoisotopic (exact) mass is 463 g/mol. The number of carboxylic acid groups (broad SMARTS) is 2. The number of aliphatic carboxylic acids is 2. The van der Waals surface area contributed by atoms with E-state index < -0.39 is 21.8 Å². The zero-order chi connectivity index (χ0) is 23.0. The highest BCUT2D eigenvalue weighted by molar-refractivity contribution is 7.93. The number of carboxylic acids is 2. The first-order chi connectivity index (χ1) is 14.7. The smallest absolute Gasteiger partial charge is 0.328 e. The van der Waals surface area contributed by atoms with Crippen LogP contribution in [0.25, 0.3) is 11.3 Å². The summed E-state index contributed by atoms with van der Waals surface area (Å²) in [5.41, 5.74) is 1.49. The van der Waals surface area contributed by atoms with Gasteiger partial charge in [-0.05, 0) is 25.2 Å². The molecule has 11 heteroatoms. The van der Waals surface area contributed by atoms with Gasteiger partial charge < -0.3 is 20.1 Å². The van der Waals surface area contributed by atoms with Crippen LogP contribution in [0.1, 0.15) is 4.88 Å². The van der Waals surface area contributed by atoms with E-state index in [0.717, 1.165) is 10.6 Å². The lowest BCUT2D eigenvalue weighted by molar-refractivity contribution is -0.134. The van der Waals surface area contributed by atoms with E-state index in [1.165, 1.54) is 11.3 Å². The number of rotatable bonds is 7. The molecule has 0 atom stereocenters. The third-order valence-electron chi connectivity index (χ3n) is 3.86. The molecule has 0 unspecified atom stereocenters. The lowest BCUT2D eigenvalue weighted by Gasteiger charge is -2.06. The molecule has 0 spiro atoms. The van der Waals surface area contributed by atoms with Gasteiger partial charge in [-0.3, -0.25) is 0 Å². The summed E-state index contributed by atoms with van der Waals surface area (Å²) in [7, 11) is 0.140. The number of hydrogen-bond donors (Lipinski definition) is 3. The number of thiophene rings is 1. The summed E-state index contributed by atoms with van der Waals surface area (Å²) in [6, 6.07) is 10.5. The number of carbonyl (C=O) groups is 2. The largest absolute Gasteiger partial charge is 0.478 e. The molecule has 0 radical (unpaired) electrons. The van der Waals surface area contributed by atoms with Crippen molar-refractivity contribution < 1.29 is 28.2 Å². The fraction of sp³-hybridized carbons (Fsp3) is 0.150. The third kappa shape index (κ3) is 6.35. The van der Waals surface area contributed by atoms with Crippen LogP contribution in [0.2, 0.25) is 0 Å². The molecule has 164 valence electrons. The van der Waals surface area contributed by atoms with Crippen LogP contribution in [0.15, 0.2) is 70.2 Å². The molecule has 0 aliphatic heterocycles. The number of benzene rings is 1. The van der Waals surface area contributed by atoms with E-state index in [9.17, 15) is 18.0 Å². The predicted molar refractivity (Wildman–Crippen MR) is 116 cm³/mol. The van der Waals surface area contributed by atoms with E-state index in [2.05, 4.69) is 10.3 Å². The summed E-state index contributed by atoms with van der Waals surface area (Å²) >= 11 is 1.30.